The fourth-order valence-electron chi connectivity index (χ4n) is 1.02. The van der Waals surface area contributed by atoms with Gasteiger partial charge in [-0.1, -0.05) is 36.6 Å². The van der Waals surface area contributed by atoms with Crippen LogP contribution in [0, 0.1) is 0 Å². The molecule has 4 N–H and O–H groups in total. The van der Waals surface area contributed by atoms with Gasteiger partial charge in [-0.3, -0.25) is 9.97 Å². The molecular weight excluding hydrogens is 264 g/mol. The van der Waals surface area contributed by atoms with Crippen molar-refractivity contribution < 1.29 is 0 Å². The largest absolute Gasteiger partial charge is 0.388 e. The number of hydrogen-bond acceptors (Lipinski definition) is 4. The lowest BCUT2D eigenvalue weighted by molar-refractivity contribution is 1.29. The Morgan fingerprint density at radius 1 is 0.778 bits per heavy atom. The summed E-state index contributed by atoms with van der Waals surface area (Å²) in [7, 11) is 0. The maximum Gasteiger partial charge on any atom is 0.122 e. The van der Waals surface area contributed by atoms with E-state index < -0.39 is 0 Å². The van der Waals surface area contributed by atoms with Crippen LogP contribution in [-0.4, -0.2) is 19.9 Å². The summed E-state index contributed by atoms with van der Waals surface area (Å²) in [5.41, 5.74) is 11.9. The highest BCUT2D eigenvalue weighted by atomic mass is 32.1. The van der Waals surface area contributed by atoms with Gasteiger partial charge in [-0.05, 0) is 24.3 Å². The van der Waals surface area contributed by atoms with Crippen LogP contribution in [0.3, 0.4) is 0 Å². The Labute approximate surface area is 116 Å². The van der Waals surface area contributed by atoms with E-state index in [-0.39, 0.29) is 0 Å². The van der Waals surface area contributed by atoms with Gasteiger partial charge in [0.15, 0.2) is 0 Å². The smallest absolute Gasteiger partial charge is 0.122 e. The molecule has 2 aromatic heterocycles. The van der Waals surface area contributed by atoms with Crippen molar-refractivity contribution in [1.29, 1.82) is 0 Å². The van der Waals surface area contributed by atoms with Gasteiger partial charge in [0, 0.05) is 12.4 Å². The summed E-state index contributed by atoms with van der Waals surface area (Å²) in [5, 5.41) is 0. The molecule has 0 bridgehead atoms. The lowest BCUT2D eigenvalue weighted by Gasteiger charge is -1.91. The Bertz CT molecular complexity index is 465. The van der Waals surface area contributed by atoms with Crippen LogP contribution in [-0.2, 0) is 0 Å². The molecule has 0 aliphatic rings. The van der Waals surface area contributed by atoms with Crippen molar-refractivity contribution in [2.75, 3.05) is 0 Å². The van der Waals surface area contributed by atoms with Crippen molar-refractivity contribution in [2.45, 2.75) is 0 Å². The molecule has 0 aliphatic carbocycles. The van der Waals surface area contributed by atoms with Crippen LogP contribution in [0.5, 0.6) is 0 Å². The fourth-order valence-corrected chi connectivity index (χ4v) is 1.26. The van der Waals surface area contributed by atoms with E-state index in [0.717, 1.165) is 0 Å². The minimum Gasteiger partial charge on any atom is -0.388 e. The highest BCUT2D eigenvalue weighted by Crippen LogP contribution is 1.91. The van der Waals surface area contributed by atoms with E-state index in [1.165, 1.54) is 0 Å². The first kappa shape index (κ1) is 14.1. The van der Waals surface area contributed by atoms with Gasteiger partial charge >= 0.3 is 0 Å². The average Bonchev–Trinajstić information content (AvgIpc) is 2.41. The summed E-state index contributed by atoms with van der Waals surface area (Å²) >= 11 is 9.35. The van der Waals surface area contributed by atoms with Crippen molar-refractivity contribution in [3.8, 4) is 0 Å². The zero-order valence-corrected chi connectivity index (χ0v) is 11.1. The molecule has 0 radical (unpaired) electrons. The standard InChI is InChI=1S/2C6H6N2S/c2*7-6(9)5-3-1-2-4-8-5/h2*1-4H,(H2,7,9). The van der Waals surface area contributed by atoms with Gasteiger partial charge < -0.3 is 11.5 Å². The van der Waals surface area contributed by atoms with Gasteiger partial charge in [-0.15, -0.1) is 0 Å². The molecule has 2 rings (SSSR count). The molecule has 0 spiro atoms. The fraction of sp³-hybridized carbons (Fsp3) is 0. The molecule has 0 saturated carbocycles. The lowest BCUT2D eigenvalue weighted by Crippen LogP contribution is -2.10. The molecule has 6 heteroatoms. The molecule has 0 aliphatic heterocycles. The molecule has 2 aromatic rings. The zero-order valence-electron chi connectivity index (χ0n) is 9.48. The number of rotatable bonds is 2. The van der Waals surface area contributed by atoms with Gasteiger partial charge in [0.25, 0.3) is 0 Å². The summed E-state index contributed by atoms with van der Waals surface area (Å²) in [6.07, 6.45) is 3.32. The SMILES string of the molecule is NC(=S)c1ccccn1.NC(=S)c1ccccn1. The molecule has 92 valence electrons. The van der Waals surface area contributed by atoms with Crippen LogP contribution in [0.1, 0.15) is 11.4 Å². The Kier molecular flexibility index (Phi) is 5.83. The van der Waals surface area contributed by atoms with Crippen molar-refractivity contribution in [3.63, 3.8) is 0 Å². The first-order valence-electron chi connectivity index (χ1n) is 5.03. The first-order chi connectivity index (χ1) is 8.61. The van der Waals surface area contributed by atoms with Gasteiger partial charge in [-0.2, -0.15) is 0 Å². The minimum absolute atomic E-state index is 0.343. The van der Waals surface area contributed by atoms with Crippen molar-refractivity contribution in [2.24, 2.45) is 11.5 Å². The number of hydrogen-bond donors (Lipinski definition) is 2. The minimum atomic E-state index is 0.343. The van der Waals surface area contributed by atoms with Crippen LogP contribution in [0.4, 0.5) is 0 Å². The Morgan fingerprint density at radius 3 is 1.33 bits per heavy atom. The average molecular weight is 276 g/mol. The van der Waals surface area contributed by atoms with Crippen molar-refractivity contribution in [3.05, 3.63) is 60.2 Å². The van der Waals surface area contributed by atoms with Gasteiger partial charge in [0.1, 0.15) is 9.98 Å². The van der Waals surface area contributed by atoms with Crippen LogP contribution in [0.15, 0.2) is 48.8 Å². The normalized spacial score (nSPS) is 8.89. The molecule has 0 atom stereocenters. The third-order valence-corrected chi connectivity index (χ3v) is 2.25. The Morgan fingerprint density at radius 2 is 1.17 bits per heavy atom. The van der Waals surface area contributed by atoms with Crippen molar-refractivity contribution >= 4 is 34.4 Å². The van der Waals surface area contributed by atoms with E-state index in [1.54, 1.807) is 24.5 Å². The molecular formula is C12H12N4S2. The number of aromatic nitrogens is 2. The predicted octanol–water partition coefficient (Wildman–Crippen LogP) is 1.43. The molecule has 0 aromatic carbocycles. The van der Waals surface area contributed by atoms with E-state index in [2.05, 4.69) is 34.4 Å². The first-order valence-corrected chi connectivity index (χ1v) is 5.84. The quantitative estimate of drug-likeness (QED) is 0.808. The van der Waals surface area contributed by atoms with Gasteiger partial charge in [-0.25, -0.2) is 0 Å². The van der Waals surface area contributed by atoms with E-state index >= 15 is 0 Å². The summed E-state index contributed by atoms with van der Waals surface area (Å²) in [6, 6.07) is 10.9. The second-order valence-corrected chi connectivity index (χ2v) is 4.04. The van der Waals surface area contributed by atoms with Crippen LogP contribution < -0.4 is 11.5 Å². The van der Waals surface area contributed by atoms with Crippen LogP contribution in [0.25, 0.3) is 0 Å². The van der Waals surface area contributed by atoms with Crippen LogP contribution in [0.2, 0.25) is 0 Å². The third kappa shape index (κ3) is 4.94. The molecule has 0 unspecified atom stereocenters. The summed E-state index contributed by atoms with van der Waals surface area (Å²) in [6.45, 7) is 0. The second kappa shape index (κ2) is 7.41. The number of nitrogens with two attached hydrogens (primary N) is 2. The number of nitrogens with zero attached hydrogens (tertiary/aromatic N) is 2. The van der Waals surface area contributed by atoms with Crippen LogP contribution >= 0.6 is 24.4 Å². The summed E-state index contributed by atoms with van der Waals surface area (Å²) in [4.78, 5) is 8.51. The highest BCUT2D eigenvalue weighted by Gasteiger charge is 1.91. The van der Waals surface area contributed by atoms with Crippen molar-refractivity contribution in [1.82, 2.24) is 9.97 Å². The molecule has 4 nitrogen and oxygen atoms in total. The van der Waals surface area contributed by atoms with Gasteiger partial charge in [0.2, 0.25) is 0 Å². The maximum absolute atomic E-state index is 5.28. The lowest BCUT2D eigenvalue weighted by atomic mass is 10.4. The molecule has 0 amide bonds. The van der Waals surface area contributed by atoms with E-state index in [1.807, 2.05) is 24.3 Å². The predicted molar refractivity (Wildman–Crippen MR) is 80.2 cm³/mol. The van der Waals surface area contributed by atoms with E-state index in [4.69, 9.17) is 11.5 Å². The molecule has 0 fully saturated rings. The van der Waals surface area contributed by atoms with E-state index in [9.17, 15) is 0 Å². The summed E-state index contributed by atoms with van der Waals surface area (Å²) in [5.74, 6) is 0. The number of thiocarbonyl (C=S) groups is 2. The zero-order chi connectivity index (χ0) is 13.4. The van der Waals surface area contributed by atoms with E-state index in [0.29, 0.717) is 21.4 Å². The second-order valence-electron chi connectivity index (χ2n) is 3.16. The summed E-state index contributed by atoms with van der Waals surface area (Å²) < 4.78 is 0. The Balaban J connectivity index is 0.000000180. The maximum atomic E-state index is 5.28. The molecule has 18 heavy (non-hydrogen) atoms. The number of pyridine rings is 2. The molecule has 0 saturated heterocycles. The highest BCUT2D eigenvalue weighted by molar-refractivity contribution is 7.80. The third-order valence-electron chi connectivity index (χ3n) is 1.83. The molecule has 2 heterocycles. The van der Waals surface area contributed by atoms with Gasteiger partial charge in [0.05, 0.1) is 11.4 Å². The topological polar surface area (TPSA) is 77.8 Å². The monoisotopic (exact) mass is 276 g/mol. The Hall–Kier alpha value is -1.92.